The molecule has 1 rings (SSSR count). The van der Waals surface area contributed by atoms with E-state index < -0.39 is 5.60 Å². The zero-order chi connectivity index (χ0) is 12.9. The zero-order valence-corrected chi connectivity index (χ0v) is 11.0. The van der Waals surface area contributed by atoms with E-state index in [1.807, 2.05) is 39.0 Å². The predicted octanol–water partition coefficient (Wildman–Crippen LogP) is 2.34. The number of aryl methyl sites for hydroxylation is 1. The second-order valence-electron chi connectivity index (χ2n) is 4.62. The molecule has 0 atom stereocenters. The summed E-state index contributed by atoms with van der Waals surface area (Å²) in [5, 5.41) is 23.1. The first-order valence-corrected chi connectivity index (χ1v) is 6.23. The first-order valence-electron chi connectivity index (χ1n) is 6.23. The van der Waals surface area contributed by atoms with Crippen molar-refractivity contribution in [2.75, 3.05) is 6.54 Å². The number of para-hydroxylation sites is 1. The third-order valence-corrected chi connectivity index (χ3v) is 3.41. The SMILES string of the molecule is CCC(O)(CC)CNCc1cccc(C)c1O. The van der Waals surface area contributed by atoms with Gasteiger partial charge in [-0.25, -0.2) is 0 Å². The van der Waals surface area contributed by atoms with Gasteiger partial charge >= 0.3 is 0 Å². The third kappa shape index (κ3) is 3.72. The Morgan fingerprint density at radius 2 is 1.88 bits per heavy atom. The standard InChI is InChI=1S/C14H23NO2/c1-4-14(17,5-2)10-15-9-12-8-6-7-11(3)13(12)16/h6-8,15-17H,4-5,9-10H2,1-3H3. The molecule has 1 aromatic carbocycles. The van der Waals surface area contributed by atoms with Gasteiger partial charge in [0.05, 0.1) is 5.60 Å². The van der Waals surface area contributed by atoms with E-state index in [9.17, 15) is 10.2 Å². The van der Waals surface area contributed by atoms with Crippen LogP contribution in [0.3, 0.4) is 0 Å². The molecule has 0 spiro atoms. The molecule has 3 nitrogen and oxygen atoms in total. The molecule has 0 unspecified atom stereocenters. The van der Waals surface area contributed by atoms with Crippen molar-refractivity contribution in [1.29, 1.82) is 0 Å². The van der Waals surface area contributed by atoms with E-state index in [0.717, 1.165) is 24.0 Å². The summed E-state index contributed by atoms with van der Waals surface area (Å²) in [6, 6.07) is 5.71. The predicted molar refractivity (Wildman–Crippen MR) is 70.1 cm³/mol. The average molecular weight is 237 g/mol. The summed E-state index contributed by atoms with van der Waals surface area (Å²) in [7, 11) is 0. The topological polar surface area (TPSA) is 52.5 Å². The van der Waals surface area contributed by atoms with Gasteiger partial charge < -0.3 is 15.5 Å². The molecule has 0 heterocycles. The van der Waals surface area contributed by atoms with Crippen molar-refractivity contribution >= 4 is 0 Å². The van der Waals surface area contributed by atoms with Crippen LogP contribution in [0.25, 0.3) is 0 Å². The van der Waals surface area contributed by atoms with Crippen LogP contribution < -0.4 is 5.32 Å². The van der Waals surface area contributed by atoms with Crippen LogP contribution in [0.2, 0.25) is 0 Å². The lowest BCUT2D eigenvalue weighted by Crippen LogP contribution is -2.39. The molecule has 0 aliphatic carbocycles. The summed E-state index contributed by atoms with van der Waals surface area (Å²) in [6.07, 6.45) is 1.46. The summed E-state index contributed by atoms with van der Waals surface area (Å²) < 4.78 is 0. The number of benzene rings is 1. The Balaban J connectivity index is 2.54. The summed E-state index contributed by atoms with van der Waals surface area (Å²) in [5.74, 6) is 0.344. The smallest absolute Gasteiger partial charge is 0.122 e. The molecule has 3 heteroatoms. The van der Waals surface area contributed by atoms with Gasteiger partial charge in [-0.05, 0) is 25.3 Å². The molecule has 0 aliphatic heterocycles. The molecule has 0 bridgehead atoms. The molecule has 96 valence electrons. The minimum atomic E-state index is -0.639. The highest BCUT2D eigenvalue weighted by Crippen LogP contribution is 2.21. The fourth-order valence-electron chi connectivity index (χ4n) is 1.79. The van der Waals surface area contributed by atoms with Gasteiger partial charge in [0.25, 0.3) is 0 Å². The maximum Gasteiger partial charge on any atom is 0.122 e. The molecule has 0 saturated carbocycles. The summed E-state index contributed by atoms with van der Waals surface area (Å²) in [6.45, 7) is 6.97. The van der Waals surface area contributed by atoms with Gasteiger partial charge in [-0.3, -0.25) is 0 Å². The van der Waals surface area contributed by atoms with Crippen LogP contribution in [0.1, 0.15) is 37.8 Å². The van der Waals surface area contributed by atoms with Gasteiger partial charge in [-0.2, -0.15) is 0 Å². The summed E-state index contributed by atoms with van der Waals surface area (Å²) in [4.78, 5) is 0. The van der Waals surface area contributed by atoms with Gasteiger partial charge in [0, 0.05) is 18.7 Å². The normalized spacial score (nSPS) is 11.8. The van der Waals surface area contributed by atoms with Crippen molar-refractivity contribution < 1.29 is 10.2 Å². The fraction of sp³-hybridized carbons (Fsp3) is 0.571. The van der Waals surface area contributed by atoms with Crippen LogP contribution in [0.5, 0.6) is 5.75 Å². The fourth-order valence-corrected chi connectivity index (χ4v) is 1.79. The van der Waals surface area contributed by atoms with Crippen LogP contribution in [0.15, 0.2) is 18.2 Å². The third-order valence-electron chi connectivity index (χ3n) is 3.41. The van der Waals surface area contributed by atoms with Crippen LogP contribution in [-0.4, -0.2) is 22.4 Å². The number of aliphatic hydroxyl groups is 1. The zero-order valence-electron chi connectivity index (χ0n) is 11.0. The first-order chi connectivity index (χ1) is 8.02. The van der Waals surface area contributed by atoms with Gasteiger partial charge in [-0.1, -0.05) is 32.0 Å². The molecule has 0 amide bonds. The van der Waals surface area contributed by atoms with E-state index in [-0.39, 0.29) is 0 Å². The second kappa shape index (κ2) is 6.03. The monoisotopic (exact) mass is 237 g/mol. The van der Waals surface area contributed by atoms with E-state index in [2.05, 4.69) is 5.32 Å². The summed E-state index contributed by atoms with van der Waals surface area (Å²) in [5.41, 5.74) is 1.12. The largest absolute Gasteiger partial charge is 0.507 e. The van der Waals surface area contributed by atoms with Crippen LogP contribution in [0, 0.1) is 6.92 Å². The van der Waals surface area contributed by atoms with E-state index in [1.54, 1.807) is 0 Å². The quantitative estimate of drug-likeness (QED) is 0.712. The number of hydrogen-bond acceptors (Lipinski definition) is 3. The Morgan fingerprint density at radius 3 is 2.47 bits per heavy atom. The van der Waals surface area contributed by atoms with Gasteiger partial charge in [0.15, 0.2) is 0 Å². The highest BCUT2D eigenvalue weighted by Gasteiger charge is 2.21. The van der Waals surface area contributed by atoms with Crippen molar-refractivity contribution in [1.82, 2.24) is 5.32 Å². The highest BCUT2D eigenvalue weighted by atomic mass is 16.3. The molecule has 1 aromatic rings. The Hall–Kier alpha value is -1.06. The maximum atomic E-state index is 10.1. The minimum Gasteiger partial charge on any atom is -0.507 e. The first kappa shape index (κ1) is 14.0. The molecule has 0 radical (unpaired) electrons. The minimum absolute atomic E-state index is 0.344. The van der Waals surface area contributed by atoms with Gasteiger partial charge in [0.2, 0.25) is 0 Å². The van der Waals surface area contributed by atoms with Gasteiger partial charge in [-0.15, -0.1) is 0 Å². The van der Waals surface area contributed by atoms with E-state index >= 15 is 0 Å². The van der Waals surface area contributed by atoms with Gasteiger partial charge in [0.1, 0.15) is 5.75 Å². The van der Waals surface area contributed by atoms with Crippen LogP contribution in [-0.2, 0) is 6.54 Å². The van der Waals surface area contributed by atoms with E-state index in [4.69, 9.17) is 0 Å². The molecule has 0 aromatic heterocycles. The van der Waals surface area contributed by atoms with Crippen LogP contribution in [0.4, 0.5) is 0 Å². The Bertz CT molecular complexity index is 359. The number of nitrogens with one attached hydrogen (secondary N) is 1. The van der Waals surface area contributed by atoms with Crippen molar-refractivity contribution in [2.45, 2.75) is 45.8 Å². The van der Waals surface area contributed by atoms with E-state index in [0.29, 0.717) is 18.8 Å². The summed E-state index contributed by atoms with van der Waals surface area (Å²) >= 11 is 0. The Morgan fingerprint density at radius 1 is 1.24 bits per heavy atom. The lowest BCUT2D eigenvalue weighted by atomic mass is 9.97. The second-order valence-corrected chi connectivity index (χ2v) is 4.62. The van der Waals surface area contributed by atoms with Crippen molar-refractivity contribution in [2.24, 2.45) is 0 Å². The van der Waals surface area contributed by atoms with E-state index in [1.165, 1.54) is 0 Å². The number of phenols is 1. The maximum absolute atomic E-state index is 10.1. The Kier molecular flexibility index (Phi) is 4.97. The number of aromatic hydroxyl groups is 1. The molecular weight excluding hydrogens is 214 g/mol. The molecule has 0 fully saturated rings. The molecular formula is C14H23NO2. The molecule has 0 saturated heterocycles. The Labute approximate surface area is 103 Å². The number of hydrogen-bond donors (Lipinski definition) is 3. The van der Waals surface area contributed by atoms with Crippen LogP contribution >= 0.6 is 0 Å². The molecule has 0 aliphatic rings. The van der Waals surface area contributed by atoms with Crippen molar-refractivity contribution in [3.63, 3.8) is 0 Å². The average Bonchev–Trinajstić information content (AvgIpc) is 2.34. The molecule has 17 heavy (non-hydrogen) atoms. The van der Waals surface area contributed by atoms with Crippen molar-refractivity contribution in [3.05, 3.63) is 29.3 Å². The number of phenolic OH excluding ortho intramolecular Hbond substituents is 1. The lowest BCUT2D eigenvalue weighted by molar-refractivity contribution is 0.0322. The molecule has 3 N–H and O–H groups in total. The number of rotatable bonds is 6. The highest BCUT2D eigenvalue weighted by molar-refractivity contribution is 5.39. The van der Waals surface area contributed by atoms with Crippen molar-refractivity contribution in [3.8, 4) is 5.75 Å². The lowest BCUT2D eigenvalue weighted by Gasteiger charge is -2.25.